The summed E-state index contributed by atoms with van der Waals surface area (Å²) in [6.45, 7) is 3.99. The van der Waals surface area contributed by atoms with Gasteiger partial charge in [0.1, 0.15) is 5.69 Å². The Kier molecular flexibility index (Phi) is 4.05. The van der Waals surface area contributed by atoms with Crippen LogP contribution in [-0.2, 0) is 9.84 Å². The molecule has 0 aliphatic carbocycles. The van der Waals surface area contributed by atoms with Crippen molar-refractivity contribution < 1.29 is 13.2 Å². The number of nitrogens with one attached hydrogen (secondary N) is 1. The summed E-state index contributed by atoms with van der Waals surface area (Å²) in [5, 5.41) is 1.20. The highest BCUT2D eigenvalue weighted by Gasteiger charge is 2.48. The van der Waals surface area contributed by atoms with Gasteiger partial charge in [-0.25, -0.2) is 8.42 Å². The molecule has 25 heavy (non-hydrogen) atoms. The van der Waals surface area contributed by atoms with Gasteiger partial charge in [0.15, 0.2) is 9.84 Å². The standard InChI is InChI=1S/C17H20ClN3O3S/c1-2-20-7-8-21(14-10-25(23,24)9-13(14)20)17(22)16-15(18)11-5-3-4-6-12(11)19-16/h3-6,13-14,19H,2,7-10H2,1H3/t13-,14+/m1/s1. The van der Waals surface area contributed by atoms with Crippen LogP contribution in [0, 0.1) is 0 Å². The lowest BCUT2D eigenvalue weighted by atomic mass is 10.0. The first-order valence-corrected chi connectivity index (χ1v) is 10.6. The predicted octanol–water partition coefficient (Wildman–Crippen LogP) is 1.76. The molecule has 2 fully saturated rings. The van der Waals surface area contributed by atoms with Crippen molar-refractivity contribution in [1.82, 2.24) is 14.8 Å². The molecule has 1 amide bonds. The topological polar surface area (TPSA) is 73.5 Å². The van der Waals surface area contributed by atoms with Crippen molar-refractivity contribution >= 4 is 38.2 Å². The Morgan fingerprint density at radius 2 is 1.96 bits per heavy atom. The number of piperazine rings is 1. The normalized spacial score (nSPS) is 26.1. The third-order valence-corrected chi connectivity index (χ3v) is 7.41. The summed E-state index contributed by atoms with van der Waals surface area (Å²) in [5.74, 6) is -0.0722. The van der Waals surface area contributed by atoms with Gasteiger partial charge in [0.2, 0.25) is 0 Å². The van der Waals surface area contributed by atoms with Gasteiger partial charge in [-0.2, -0.15) is 0 Å². The van der Waals surface area contributed by atoms with Crippen LogP contribution < -0.4 is 0 Å². The zero-order chi connectivity index (χ0) is 17.8. The van der Waals surface area contributed by atoms with Crippen molar-refractivity contribution in [2.45, 2.75) is 19.0 Å². The van der Waals surface area contributed by atoms with Gasteiger partial charge >= 0.3 is 0 Å². The summed E-state index contributed by atoms with van der Waals surface area (Å²) in [4.78, 5) is 20.1. The monoisotopic (exact) mass is 381 g/mol. The second-order valence-corrected chi connectivity index (χ2v) is 9.23. The van der Waals surface area contributed by atoms with Crippen LogP contribution in [0.3, 0.4) is 0 Å². The minimum absolute atomic E-state index is 0.0255. The van der Waals surface area contributed by atoms with E-state index in [-0.39, 0.29) is 29.5 Å². The van der Waals surface area contributed by atoms with Crippen LogP contribution in [-0.4, -0.2) is 72.3 Å². The van der Waals surface area contributed by atoms with Crippen LogP contribution in [0.1, 0.15) is 17.4 Å². The Balaban J connectivity index is 1.71. The molecule has 4 rings (SSSR count). The van der Waals surface area contributed by atoms with E-state index >= 15 is 0 Å². The smallest absolute Gasteiger partial charge is 0.272 e. The zero-order valence-corrected chi connectivity index (χ0v) is 15.5. The molecule has 2 aliphatic heterocycles. The number of likely N-dealkylation sites (N-methyl/N-ethyl adjacent to an activating group) is 1. The van der Waals surface area contributed by atoms with Crippen molar-refractivity contribution in [2.24, 2.45) is 0 Å². The molecule has 0 spiro atoms. The zero-order valence-electron chi connectivity index (χ0n) is 13.9. The van der Waals surface area contributed by atoms with Crippen LogP contribution in [0.4, 0.5) is 0 Å². The molecular formula is C17H20ClN3O3S. The van der Waals surface area contributed by atoms with Crippen LogP contribution in [0.2, 0.25) is 5.02 Å². The maximum Gasteiger partial charge on any atom is 0.272 e. The molecule has 1 N–H and O–H groups in total. The Morgan fingerprint density at radius 3 is 2.68 bits per heavy atom. The van der Waals surface area contributed by atoms with E-state index in [2.05, 4.69) is 9.88 Å². The Labute approximate surface area is 151 Å². The summed E-state index contributed by atoms with van der Waals surface area (Å²) in [6.07, 6.45) is 0. The van der Waals surface area contributed by atoms with Crippen LogP contribution in [0.5, 0.6) is 0 Å². The average molecular weight is 382 g/mol. The fraction of sp³-hybridized carbons (Fsp3) is 0.471. The molecule has 0 unspecified atom stereocenters. The molecule has 2 saturated heterocycles. The fourth-order valence-electron chi connectivity index (χ4n) is 4.07. The molecule has 8 heteroatoms. The molecule has 2 atom stereocenters. The molecule has 0 saturated carbocycles. The average Bonchev–Trinajstić information content (AvgIpc) is 3.09. The third-order valence-electron chi connectivity index (χ3n) is 5.31. The van der Waals surface area contributed by atoms with E-state index in [9.17, 15) is 13.2 Å². The molecule has 3 heterocycles. The van der Waals surface area contributed by atoms with Gasteiger partial charge in [-0.3, -0.25) is 9.69 Å². The number of carbonyl (C=O) groups is 1. The summed E-state index contributed by atoms with van der Waals surface area (Å²) in [6, 6.07) is 7.04. The second-order valence-electron chi connectivity index (χ2n) is 6.70. The van der Waals surface area contributed by atoms with Crippen molar-refractivity contribution in [3.8, 4) is 0 Å². The SMILES string of the molecule is CCN1CCN(C(=O)c2[nH]c3ccccc3c2Cl)[C@H]2CS(=O)(=O)C[C@H]21. The van der Waals surface area contributed by atoms with Crippen LogP contribution in [0.15, 0.2) is 24.3 Å². The molecule has 2 aromatic rings. The number of amides is 1. The van der Waals surface area contributed by atoms with E-state index in [4.69, 9.17) is 11.6 Å². The highest BCUT2D eigenvalue weighted by atomic mass is 35.5. The number of hydrogen-bond acceptors (Lipinski definition) is 4. The van der Waals surface area contributed by atoms with E-state index in [0.29, 0.717) is 23.8 Å². The third kappa shape index (κ3) is 2.74. The number of para-hydroxylation sites is 1. The maximum atomic E-state index is 13.1. The maximum absolute atomic E-state index is 13.1. The van der Waals surface area contributed by atoms with Gasteiger partial charge in [-0.15, -0.1) is 0 Å². The van der Waals surface area contributed by atoms with Crippen molar-refractivity contribution in [2.75, 3.05) is 31.1 Å². The van der Waals surface area contributed by atoms with E-state index in [0.717, 1.165) is 17.4 Å². The van der Waals surface area contributed by atoms with Crippen molar-refractivity contribution in [3.63, 3.8) is 0 Å². The fourth-order valence-corrected chi connectivity index (χ4v) is 6.37. The molecule has 6 nitrogen and oxygen atoms in total. The number of halogens is 1. The van der Waals surface area contributed by atoms with Crippen molar-refractivity contribution in [3.05, 3.63) is 35.0 Å². The number of carbonyl (C=O) groups excluding carboxylic acids is 1. The molecule has 2 aliphatic rings. The van der Waals surface area contributed by atoms with E-state index in [1.807, 2.05) is 31.2 Å². The van der Waals surface area contributed by atoms with E-state index < -0.39 is 9.84 Å². The summed E-state index contributed by atoms with van der Waals surface area (Å²) >= 11 is 6.42. The lowest BCUT2D eigenvalue weighted by molar-refractivity contribution is 0.0345. The quantitative estimate of drug-likeness (QED) is 0.860. The first kappa shape index (κ1) is 16.9. The number of H-pyrrole nitrogens is 1. The Bertz CT molecular complexity index is 940. The lowest BCUT2D eigenvalue weighted by Gasteiger charge is -2.43. The number of hydrogen-bond donors (Lipinski definition) is 1. The molecular weight excluding hydrogens is 362 g/mol. The predicted molar refractivity (Wildman–Crippen MR) is 97.8 cm³/mol. The number of rotatable bonds is 2. The van der Waals surface area contributed by atoms with Crippen molar-refractivity contribution in [1.29, 1.82) is 0 Å². The largest absolute Gasteiger partial charge is 0.349 e. The van der Waals surface area contributed by atoms with E-state index in [1.54, 1.807) is 4.90 Å². The second kappa shape index (κ2) is 6.00. The van der Waals surface area contributed by atoms with Gasteiger partial charge in [0.25, 0.3) is 5.91 Å². The number of aromatic nitrogens is 1. The number of fused-ring (bicyclic) bond motifs is 2. The number of aromatic amines is 1. The minimum Gasteiger partial charge on any atom is -0.349 e. The van der Waals surface area contributed by atoms with E-state index in [1.165, 1.54) is 0 Å². The summed E-state index contributed by atoms with van der Waals surface area (Å²) in [5.41, 5.74) is 1.15. The van der Waals surface area contributed by atoms with Gasteiger partial charge in [0, 0.05) is 30.0 Å². The molecule has 0 bridgehead atoms. The molecule has 134 valence electrons. The van der Waals surface area contributed by atoms with Crippen LogP contribution >= 0.6 is 11.6 Å². The Hall–Kier alpha value is -1.57. The molecule has 1 aromatic carbocycles. The van der Waals surface area contributed by atoms with Crippen LogP contribution in [0.25, 0.3) is 10.9 Å². The minimum atomic E-state index is -3.13. The number of sulfone groups is 1. The summed E-state index contributed by atoms with van der Waals surface area (Å²) < 4.78 is 24.3. The van der Waals surface area contributed by atoms with Gasteiger partial charge in [-0.1, -0.05) is 36.7 Å². The first-order chi connectivity index (χ1) is 11.9. The number of nitrogens with zero attached hydrogens (tertiary/aromatic N) is 2. The molecule has 1 aromatic heterocycles. The van der Waals surface area contributed by atoms with Gasteiger partial charge in [0.05, 0.1) is 22.6 Å². The summed E-state index contributed by atoms with van der Waals surface area (Å²) in [7, 11) is -3.13. The molecule has 0 radical (unpaired) electrons. The van der Waals surface area contributed by atoms with Gasteiger partial charge in [-0.05, 0) is 12.6 Å². The Morgan fingerprint density at radius 1 is 1.24 bits per heavy atom. The highest BCUT2D eigenvalue weighted by molar-refractivity contribution is 7.91. The highest BCUT2D eigenvalue weighted by Crippen LogP contribution is 2.32. The first-order valence-electron chi connectivity index (χ1n) is 8.43. The van der Waals surface area contributed by atoms with Gasteiger partial charge < -0.3 is 9.88 Å². The lowest BCUT2D eigenvalue weighted by Crippen LogP contribution is -2.60. The number of benzene rings is 1.